The summed E-state index contributed by atoms with van der Waals surface area (Å²) in [6, 6.07) is 14.5. The van der Waals surface area contributed by atoms with Gasteiger partial charge in [-0.05, 0) is 53.5 Å². The maximum absolute atomic E-state index is 5.79. The molecule has 0 unspecified atom stereocenters. The number of para-hydroxylation sites is 1. The number of furan rings is 1. The summed E-state index contributed by atoms with van der Waals surface area (Å²) in [7, 11) is 0. The first-order valence-corrected chi connectivity index (χ1v) is 7.41. The zero-order valence-corrected chi connectivity index (χ0v) is 13.1. The van der Waals surface area contributed by atoms with Gasteiger partial charge in [0.1, 0.15) is 11.3 Å². The summed E-state index contributed by atoms with van der Waals surface area (Å²) in [5, 5.41) is 4.66. The molecule has 0 radical (unpaired) electrons. The van der Waals surface area contributed by atoms with E-state index in [4.69, 9.17) is 4.42 Å². The molecular formula is C17H16BrNO. The molecule has 102 valence electrons. The van der Waals surface area contributed by atoms with Crippen molar-refractivity contribution in [3.8, 4) is 0 Å². The van der Waals surface area contributed by atoms with E-state index < -0.39 is 0 Å². The van der Waals surface area contributed by atoms with E-state index in [2.05, 4.69) is 52.4 Å². The Balaban J connectivity index is 1.90. The Morgan fingerprint density at radius 3 is 2.75 bits per heavy atom. The smallest absolute Gasteiger partial charge is 0.134 e. The van der Waals surface area contributed by atoms with Gasteiger partial charge in [-0.15, -0.1) is 0 Å². The Hall–Kier alpha value is -1.74. The van der Waals surface area contributed by atoms with Crippen LogP contribution in [0.4, 0.5) is 5.69 Å². The Kier molecular flexibility index (Phi) is 3.53. The highest BCUT2D eigenvalue weighted by molar-refractivity contribution is 9.10. The first-order valence-electron chi connectivity index (χ1n) is 6.62. The van der Waals surface area contributed by atoms with Gasteiger partial charge in [-0.2, -0.15) is 0 Å². The number of fused-ring (bicyclic) bond motifs is 1. The highest BCUT2D eigenvalue weighted by Crippen LogP contribution is 2.28. The third kappa shape index (κ3) is 2.46. The molecule has 0 aliphatic heterocycles. The zero-order chi connectivity index (χ0) is 14.1. The van der Waals surface area contributed by atoms with Crippen molar-refractivity contribution in [3.05, 3.63) is 63.8 Å². The molecule has 0 aliphatic rings. The summed E-state index contributed by atoms with van der Waals surface area (Å²) in [5.74, 6) is 0.975. The molecule has 1 aromatic heterocycles. The SMILES string of the molecule is Cc1ccc(Br)c(NCc2c(C)oc3ccccc23)c1. The van der Waals surface area contributed by atoms with Gasteiger partial charge in [0.05, 0.1) is 0 Å². The summed E-state index contributed by atoms with van der Waals surface area (Å²) >= 11 is 3.58. The molecule has 2 aromatic carbocycles. The van der Waals surface area contributed by atoms with Gasteiger partial charge < -0.3 is 9.73 Å². The van der Waals surface area contributed by atoms with E-state index in [1.807, 2.05) is 25.1 Å². The van der Waals surface area contributed by atoms with Gasteiger partial charge in [-0.1, -0.05) is 24.3 Å². The van der Waals surface area contributed by atoms with Crippen molar-refractivity contribution in [2.45, 2.75) is 20.4 Å². The van der Waals surface area contributed by atoms with Crippen LogP contribution in [0.15, 0.2) is 51.4 Å². The first kappa shape index (κ1) is 13.3. The summed E-state index contributed by atoms with van der Waals surface area (Å²) in [6.45, 7) is 4.86. The van der Waals surface area contributed by atoms with Crippen molar-refractivity contribution in [1.82, 2.24) is 0 Å². The molecule has 1 heterocycles. The van der Waals surface area contributed by atoms with E-state index >= 15 is 0 Å². The number of hydrogen-bond acceptors (Lipinski definition) is 2. The van der Waals surface area contributed by atoms with E-state index in [0.717, 1.165) is 28.0 Å². The van der Waals surface area contributed by atoms with Gasteiger partial charge in [0.2, 0.25) is 0 Å². The Labute approximate surface area is 126 Å². The molecule has 0 saturated heterocycles. The van der Waals surface area contributed by atoms with Gasteiger partial charge in [0.15, 0.2) is 0 Å². The van der Waals surface area contributed by atoms with Crippen molar-refractivity contribution in [1.29, 1.82) is 0 Å². The molecule has 0 bridgehead atoms. The Morgan fingerprint density at radius 1 is 1.10 bits per heavy atom. The normalized spacial score (nSPS) is 10.9. The largest absolute Gasteiger partial charge is 0.461 e. The van der Waals surface area contributed by atoms with Crippen LogP contribution in [-0.2, 0) is 6.54 Å². The number of halogens is 1. The van der Waals surface area contributed by atoms with E-state index in [1.54, 1.807) is 0 Å². The number of benzene rings is 2. The number of nitrogens with one attached hydrogen (secondary N) is 1. The first-order chi connectivity index (χ1) is 9.65. The lowest BCUT2D eigenvalue weighted by Gasteiger charge is -2.09. The molecule has 0 saturated carbocycles. The molecule has 0 amide bonds. The van der Waals surface area contributed by atoms with Crippen LogP contribution in [0.2, 0.25) is 0 Å². The van der Waals surface area contributed by atoms with Crippen molar-refractivity contribution in [2.24, 2.45) is 0 Å². The summed E-state index contributed by atoms with van der Waals surface area (Å²) in [6.07, 6.45) is 0. The maximum Gasteiger partial charge on any atom is 0.134 e. The molecule has 2 nitrogen and oxygen atoms in total. The molecule has 0 aliphatic carbocycles. The molecule has 0 atom stereocenters. The predicted molar refractivity (Wildman–Crippen MR) is 87.2 cm³/mol. The fourth-order valence-electron chi connectivity index (χ4n) is 2.40. The average Bonchev–Trinajstić information content (AvgIpc) is 2.75. The van der Waals surface area contributed by atoms with Crippen molar-refractivity contribution >= 4 is 32.6 Å². The third-order valence-electron chi connectivity index (χ3n) is 3.48. The van der Waals surface area contributed by atoms with Gasteiger partial charge in [-0.25, -0.2) is 0 Å². The van der Waals surface area contributed by atoms with E-state index in [1.165, 1.54) is 16.5 Å². The molecule has 3 rings (SSSR count). The van der Waals surface area contributed by atoms with Crippen LogP contribution in [0.3, 0.4) is 0 Å². The fourth-order valence-corrected chi connectivity index (χ4v) is 2.79. The lowest BCUT2D eigenvalue weighted by atomic mass is 10.1. The van der Waals surface area contributed by atoms with Crippen LogP contribution < -0.4 is 5.32 Å². The summed E-state index contributed by atoms with van der Waals surface area (Å²) < 4.78 is 6.87. The maximum atomic E-state index is 5.79. The van der Waals surface area contributed by atoms with Crippen molar-refractivity contribution < 1.29 is 4.42 Å². The second-order valence-electron chi connectivity index (χ2n) is 4.97. The van der Waals surface area contributed by atoms with Crippen LogP contribution in [0, 0.1) is 13.8 Å². The van der Waals surface area contributed by atoms with Crippen LogP contribution in [0.5, 0.6) is 0 Å². The monoisotopic (exact) mass is 329 g/mol. The minimum Gasteiger partial charge on any atom is -0.461 e. The van der Waals surface area contributed by atoms with Gasteiger partial charge >= 0.3 is 0 Å². The third-order valence-corrected chi connectivity index (χ3v) is 4.17. The fraction of sp³-hybridized carbons (Fsp3) is 0.176. The van der Waals surface area contributed by atoms with Gasteiger partial charge in [-0.3, -0.25) is 0 Å². The lowest BCUT2D eigenvalue weighted by molar-refractivity contribution is 0.573. The number of aryl methyl sites for hydroxylation is 2. The summed E-state index contributed by atoms with van der Waals surface area (Å²) in [4.78, 5) is 0. The highest BCUT2D eigenvalue weighted by atomic mass is 79.9. The zero-order valence-electron chi connectivity index (χ0n) is 11.5. The number of hydrogen-bond donors (Lipinski definition) is 1. The van der Waals surface area contributed by atoms with E-state index in [-0.39, 0.29) is 0 Å². The van der Waals surface area contributed by atoms with Crippen LogP contribution in [0.1, 0.15) is 16.9 Å². The van der Waals surface area contributed by atoms with Gasteiger partial charge in [0, 0.05) is 27.7 Å². The second kappa shape index (κ2) is 5.33. The molecule has 0 spiro atoms. The van der Waals surface area contributed by atoms with Gasteiger partial charge in [0.25, 0.3) is 0 Å². The second-order valence-corrected chi connectivity index (χ2v) is 5.82. The highest BCUT2D eigenvalue weighted by Gasteiger charge is 2.10. The molecular weight excluding hydrogens is 314 g/mol. The van der Waals surface area contributed by atoms with E-state index in [0.29, 0.717) is 0 Å². The van der Waals surface area contributed by atoms with E-state index in [9.17, 15) is 0 Å². The minimum atomic E-state index is 0.755. The topological polar surface area (TPSA) is 25.2 Å². The Bertz CT molecular complexity index is 761. The van der Waals surface area contributed by atoms with Crippen LogP contribution in [-0.4, -0.2) is 0 Å². The minimum absolute atomic E-state index is 0.755. The number of rotatable bonds is 3. The van der Waals surface area contributed by atoms with Crippen molar-refractivity contribution in [2.75, 3.05) is 5.32 Å². The quantitative estimate of drug-likeness (QED) is 0.693. The standard InChI is InChI=1S/C17H16BrNO/c1-11-7-8-15(18)16(9-11)19-10-14-12(2)20-17-6-4-3-5-13(14)17/h3-9,19H,10H2,1-2H3. The molecule has 1 N–H and O–H groups in total. The lowest BCUT2D eigenvalue weighted by Crippen LogP contribution is -2.01. The summed E-state index contributed by atoms with van der Waals surface area (Å²) in [5.41, 5.74) is 4.51. The molecule has 3 heteroatoms. The number of anilines is 1. The molecule has 20 heavy (non-hydrogen) atoms. The average molecular weight is 330 g/mol. The van der Waals surface area contributed by atoms with Crippen molar-refractivity contribution in [3.63, 3.8) is 0 Å². The molecule has 3 aromatic rings. The van der Waals surface area contributed by atoms with Crippen LogP contribution in [0.25, 0.3) is 11.0 Å². The Morgan fingerprint density at radius 2 is 1.90 bits per heavy atom. The van der Waals surface area contributed by atoms with Crippen LogP contribution >= 0.6 is 15.9 Å². The molecule has 0 fully saturated rings. The predicted octanol–water partition coefficient (Wildman–Crippen LogP) is 5.42.